The van der Waals surface area contributed by atoms with Crippen LogP contribution in [-0.2, 0) is 11.3 Å². The summed E-state index contributed by atoms with van der Waals surface area (Å²) in [6, 6.07) is 5.71. The quantitative estimate of drug-likeness (QED) is 0.853. The zero-order valence-corrected chi connectivity index (χ0v) is 14.2. The van der Waals surface area contributed by atoms with E-state index >= 15 is 0 Å². The molecule has 3 heterocycles. The molecule has 0 aromatic carbocycles. The van der Waals surface area contributed by atoms with Crippen LogP contribution in [-0.4, -0.2) is 60.2 Å². The Morgan fingerprint density at radius 1 is 1.22 bits per heavy atom. The molecule has 23 heavy (non-hydrogen) atoms. The number of likely N-dealkylation sites (tertiary alicyclic amines) is 1. The predicted octanol–water partition coefficient (Wildman–Crippen LogP) is 2.40. The fourth-order valence-corrected chi connectivity index (χ4v) is 5.02. The second-order valence-electron chi connectivity index (χ2n) is 7.66. The van der Waals surface area contributed by atoms with E-state index in [1.165, 1.54) is 44.3 Å². The molecule has 4 atom stereocenters. The van der Waals surface area contributed by atoms with Gasteiger partial charge < -0.3 is 4.74 Å². The predicted molar refractivity (Wildman–Crippen MR) is 91.1 cm³/mol. The molecule has 1 aliphatic carbocycles. The Bertz CT molecular complexity index is 503. The zero-order chi connectivity index (χ0) is 15.6. The third-order valence-electron chi connectivity index (χ3n) is 6.26. The second kappa shape index (κ2) is 6.88. The molecule has 2 unspecified atom stereocenters. The molecule has 4 heteroatoms. The van der Waals surface area contributed by atoms with E-state index in [1.807, 2.05) is 12.4 Å². The number of hydrogen-bond acceptors (Lipinski definition) is 4. The molecule has 1 aromatic rings. The number of nitrogens with zero attached hydrogens (tertiary/aromatic N) is 3. The minimum atomic E-state index is 0.687. The van der Waals surface area contributed by atoms with E-state index in [4.69, 9.17) is 4.74 Å². The van der Waals surface area contributed by atoms with Gasteiger partial charge in [-0.3, -0.25) is 14.8 Å². The molecule has 3 fully saturated rings. The summed E-state index contributed by atoms with van der Waals surface area (Å²) < 4.78 is 5.62. The average Bonchev–Trinajstić information content (AvgIpc) is 3.24. The highest BCUT2D eigenvalue weighted by Gasteiger charge is 2.43. The van der Waals surface area contributed by atoms with Gasteiger partial charge in [0, 0.05) is 50.7 Å². The molecule has 3 aliphatic rings. The first-order valence-corrected chi connectivity index (χ1v) is 9.22. The lowest BCUT2D eigenvalue weighted by Gasteiger charge is -2.39. The highest BCUT2D eigenvalue weighted by atomic mass is 16.5. The van der Waals surface area contributed by atoms with Gasteiger partial charge in [-0.25, -0.2) is 0 Å². The van der Waals surface area contributed by atoms with E-state index in [9.17, 15) is 0 Å². The standard InChI is InChI=1S/C19H29N3O/c1-21(11-15-5-8-20-9-6-15)19-4-2-3-16-12-22(13-18(16)19)17-7-10-23-14-17/h5-6,8-9,16-19H,2-4,7,10-14H2,1H3/t16-,17?,18+,19?/m1/s1. The molecule has 1 saturated carbocycles. The maximum absolute atomic E-state index is 5.62. The fourth-order valence-electron chi connectivity index (χ4n) is 5.02. The van der Waals surface area contributed by atoms with Crippen LogP contribution in [0.15, 0.2) is 24.5 Å². The molecule has 1 aromatic heterocycles. The molecule has 126 valence electrons. The molecule has 0 spiro atoms. The molecule has 0 bridgehead atoms. The number of ether oxygens (including phenoxy) is 1. The molecule has 0 radical (unpaired) electrons. The van der Waals surface area contributed by atoms with Crippen molar-refractivity contribution in [2.24, 2.45) is 11.8 Å². The van der Waals surface area contributed by atoms with Gasteiger partial charge in [-0.2, -0.15) is 0 Å². The van der Waals surface area contributed by atoms with Gasteiger partial charge in [0.25, 0.3) is 0 Å². The molecular formula is C19H29N3O. The monoisotopic (exact) mass is 315 g/mol. The summed E-state index contributed by atoms with van der Waals surface area (Å²) in [6.45, 7) is 5.55. The van der Waals surface area contributed by atoms with Gasteiger partial charge in [0.05, 0.1) is 6.61 Å². The van der Waals surface area contributed by atoms with Gasteiger partial charge in [0.15, 0.2) is 0 Å². The smallest absolute Gasteiger partial charge is 0.0622 e. The number of rotatable bonds is 4. The maximum Gasteiger partial charge on any atom is 0.0622 e. The lowest BCUT2D eigenvalue weighted by Crippen LogP contribution is -2.43. The molecule has 2 aliphatic heterocycles. The third kappa shape index (κ3) is 3.30. The van der Waals surface area contributed by atoms with Crippen molar-refractivity contribution in [1.29, 1.82) is 0 Å². The summed E-state index contributed by atoms with van der Waals surface area (Å²) in [6.07, 6.45) is 9.22. The van der Waals surface area contributed by atoms with E-state index < -0.39 is 0 Å². The zero-order valence-electron chi connectivity index (χ0n) is 14.2. The Labute approximate surface area is 139 Å². The van der Waals surface area contributed by atoms with Gasteiger partial charge in [0.2, 0.25) is 0 Å². The molecule has 0 amide bonds. The van der Waals surface area contributed by atoms with E-state index in [2.05, 4.69) is 34.0 Å². The first-order chi connectivity index (χ1) is 11.3. The lowest BCUT2D eigenvalue weighted by molar-refractivity contribution is 0.103. The van der Waals surface area contributed by atoms with Crippen LogP contribution < -0.4 is 0 Å². The highest BCUT2D eigenvalue weighted by Crippen LogP contribution is 2.40. The number of aromatic nitrogens is 1. The summed E-state index contributed by atoms with van der Waals surface area (Å²) in [4.78, 5) is 9.47. The summed E-state index contributed by atoms with van der Waals surface area (Å²) >= 11 is 0. The lowest BCUT2D eigenvalue weighted by atomic mass is 9.77. The SMILES string of the molecule is CN(Cc1ccncc1)C1CCC[C@@H]2CN(C3CCOC3)C[C@H]12. The number of fused-ring (bicyclic) bond motifs is 1. The van der Waals surface area contributed by atoms with Gasteiger partial charge in [-0.15, -0.1) is 0 Å². The third-order valence-corrected chi connectivity index (χ3v) is 6.26. The summed E-state index contributed by atoms with van der Waals surface area (Å²) in [5.74, 6) is 1.74. The molecule has 0 N–H and O–H groups in total. The Morgan fingerprint density at radius 3 is 2.87 bits per heavy atom. The second-order valence-corrected chi connectivity index (χ2v) is 7.66. The van der Waals surface area contributed by atoms with Crippen LogP contribution in [0, 0.1) is 11.8 Å². The van der Waals surface area contributed by atoms with Crippen LogP contribution in [0.1, 0.15) is 31.2 Å². The van der Waals surface area contributed by atoms with Crippen LogP contribution in [0.25, 0.3) is 0 Å². The van der Waals surface area contributed by atoms with E-state index in [1.54, 1.807) is 0 Å². The van der Waals surface area contributed by atoms with Crippen molar-refractivity contribution in [3.8, 4) is 0 Å². The Morgan fingerprint density at radius 2 is 2.09 bits per heavy atom. The minimum absolute atomic E-state index is 0.687. The molecule has 4 nitrogen and oxygen atoms in total. The van der Waals surface area contributed by atoms with Gasteiger partial charge in [-0.05, 0) is 55.8 Å². The number of pyridine rings is 1. The van der Waals surface area contributed by atoms with E-state index in [0.29, 0.717) is 6.04 Å². The van der Waals surface area contributed by atoms with Crippen molar-refractivity contribution >= 4 is 0 Å². The minimum Gasteiger partial charge on any atom is -0.380 e. The van der Waals surface area contributed by atoms with Gasteiger partial charge in [0.1, 0.15) is 0 Å². The average molecular weight is 315 g/mol. The number of hydrogen-bond donors (Lipinski definition) is 0. The summed E-state index contributed by atoms with van der Waals surface area (Å²) in [5, 5.41) is 0. The van der Waals surface area contributed by atoms with Crippen LogP contribution >= 0.6 is 0 Å². The molecular weight excluding hydrogens is 286 g/mol. The van der Waals surface area contributed by atoms with E-state index in [-0.39, 0.29) is 0 Å². The summed E-state index contributed by atoms with van der Waals surface area (Å²) in [7, 11) is 2.31. The van der Waals surface area contributed by atoms with Crippen LogP contribution in [0.2, 0.25) is 0 Å². The van der Waals surface area contributed by atoms with Crippen molar-refractivity contribution in [3.63, 3.8) is 0 Å². The first kappa shape index (κ1) is 15.6. The van der Waals surface area contributed by atoms with E-state index in [0.717, 1.165) is 37.6 Å². The largest absolute Gasteiger partial charge is 0.380 e. The highest BCUT2D eigenvalue weighted by molar-refractivity contribution is 5.10. The van der Waals surface area contributed by atoms with Gasteiger partial charge >= 0.3 is 0 Å². The van der Waals surface area contributed by atoms with Crippen molar-refractivity contribution in [3.05, 3.63) is 30.1 Å². The van der Waals surface area contributed by atoms with Crippen molar-refractivity contribution in [1.82, 2.24) is 14.8 Å². The van der Waals surface area contributed by atoms with Crippen molar-refractivity contribution in [2.45, 2.75) is 44.3 Å². The Balaban J connectivity index is 1.42. The van der Waals surface area contributed by atoms with Crippen LogP contribution in [0.4, 0.5) is 0 Å². The molecule has 4 rings (SSSR count). The normalized spacial score (nSPS) is 34.9. The Kier molecular flexibility index (Phi) is 4.65. The van der Waals surface area contributed by atoms with Crippen LogP contribution in [0.3, 0.4) is 0 Å². The fraction of sp³-hybridized carbons (Fsp3) is 0.737. The topological polar surface area (TPSA) is 28.6 Å². The van der Waals surface area contributed by atoms with Crippen molar-refractivity contribution < 1.29 is 4.74 Å². The van der Waals surface area contributed by atoms with Crippen LogP contribution in [0.5, 0.6) is 0 Å². The Hall–Kier alpha value is -0.970. The maximum atomic E-state index is 5.62. The molecule has 2 saturated heterocycles. The van der Waals surface area contributed by atoms with Crippen molar-refractivity contribution in [2.75, 3.05) is 33.4 Å². The summed E-state index contributed by atoms with van der Waals surface area (Å²) in [5.41, 5.74) is 1.38. The first-order valence-electron chi connectivity index (χ1n) is 9.22. The van der Waals surface area contributed by atoms with Gasteiger partial charge in [-0.1, -0.05) is 6.42 Å².